The molecule has 1 aliphatic heterocycles. The van der Waals surface area contributed by atoms with Crippen molar-refractivity contribution in [3.05, 3.63) is 29.8 Å². The number of benzene rings is 1. The predicted octanol–water partition coefficient (Wildman–Crippen LogP) is -1.07. The summed E-state index contributed by atoms with van der Waals surface area (Å²) in [4.78, 5) is 24.5. The molecule has 120 valence electrons. The van der Waals surface area contributed by atoms with Crippen LogP contribution in [0.5, 0.6) is 0 Å². The molecule has 0 atom stereocenters. The fourth-order valence-electron chi connectivity index (χ4n) is 2.11. The van der Waals surface area contributed by atoms with Gasteiger partial charge in [0, 0.05) is 6.07 Å². The van der Waals surface area contributed by atoms with Crippen LogP contribution < -0.4 is 15.5 Å². The summed E-state index contributed by atoms with van der Waals surface area (Å²) in [5.74, 6) is -3.52. The predicted molar refractivity (Wildman–Crippen MR) is 74.4 cm³/mol. The normalized spacial score (nSPS) is 15.4. The molecule has 0 aromatic heterocycles. The standard InChI is InChI=1S/C14H17F2N3O3/c15-10-1-2-12(11(16)9-10)18-14(21)13(20)17-3-4-19-5-7-22-8-6-19/h1-2,9H,3-8H2,(H,17,20)(H,18,21)/p+1. The molecule has 1 aromatic rings. The number of hydrogen-bond donors (Lipinski definition) is 3. The van der Waals surface area contributed by atoms with Crippen molar-refractivity contribution in [1.29, 1.82) is 0 Å². The zero-order valence-electron chi connectivity index (χ0n) is 12.0. The number of amides is 2. The van der Waals surface area contributed by atoms with E-state index in [4.69, 9.17) is 4.74 Å². The molecule has 0 aliphatic carbocycles. The van der Waals surface area contributed by atoms with Crippen LogP contribution in [0.2, 0.25) is 0 Å². The summed E-state index contributed by atoms with van der Waals surface area (Å²) in [5.41, 5.74) is -0.236. The molecule has 1 saturated heterocycles. The van der Waals surface area contributed by atoms with Crippen LogP contribution in [0.15, 0.2) is 18.2 Å². The summed E-state index contributed by atoms with van der Waals surface area (Å²) < 4.78 is 31.3. The number of anilines is 1. The first-order chi connectivity index (χ1) is 10.6. The number of morpholine rings is 1. The van der Waals surface area contributed by atoms with E-state index < -0.39 is 23.4 Å². The topological polar surface area (TPSA) is 71.9 Å². The van der Waals surface area contributed by atoms with Gasteiger partial charge in [0.2, 0.25) is 0 Å². The molecule has 6 nitrogen and oxygen atoms in total. The highest BCUT2D eigenvalue weighted by molar-refractivity contribution is 6.39. The van der Waals surface area contributed by atoms with Crippen LogP contribution in [-0.4, -0.2) is 51.2 Å². The van der Waals surface area contributed by atoms with Gasteiger partial charge in [-0.1, -0.05) is 0 Å². The number of carbonyl (C=O) groups is 2. The van der Waals surface area contributed by atoms with Gasteiger partial charge in [-0.3, -0.25) is 9.59 Å². The van der Waals surface area contributed by atoms with Gasteiger partial charge in [-0.25, -0.2) is 8.78 Å². The Bertz CT molecular complexity index is 548. The molecule has 3 N–H and O–H groups in total. The number of ether oxygens (including phenoxy) is 1. The van der Waals surface area contributed by atoms with Gasteiger partial charge in [0.15, 0.2) is 0 Å². The number of hydrogen-bond acceptors (Lipinski definition) is 3. The van der Waals surface area contributed by atoms with Crippen LogP contribution in [0.25, 0.3) is 0 Å². The average Bonchev–Trinajstić information content (AvgIpc) is 2.51. The van der Waals surface area contributed by atoms with Gasteiger partial charge in [0.25, 0.3) is 0 Å². The SMILES string of the molecule is O=C(NCC[NH+]1CCOCC1)C(=O)Nc1ccc(F)cc1F. The van der Waals surface area contributed by atoms with Gasteiger partial charge >= 0.3 is 11.8 Å². The fraction of sp³-hybridized carbons (Fsp3) is 0.429. The Balaban J connectivity index is 1.75. The molecule has 0 unspecified atom stereocenters. The fourth-order valence-corrected chi connectivity index (χ4v) is 2.11. The van der Waals surface area contributed by atoms with Crippen molar-refractivity contribution >= 4 is 17.5 Å². The molecule has 0 saturated carbocycles. The second-order valence-electron chi connectivity index (χ2n) is 4.95. The second-order valence-corrected chi connectivity index (χ2v) is 4.95. The number of halogens is 2. The van der Waals surface area contributed by atoms with Crippen molar-refractivity contribution in [1.82, 2.24) is 5.32 Å². The highest BCUT2D eigenvalue weighted by Gasteiger charge is 2.17. The summed E-state index contributed by atoms with van der Waals surface area (Å²) in [6.45, 7) is 4.13. The van der Waals surface area contributed by atoms with E-state index in [9.17, 15) is 18.4 Å². The molecule has 22 heavy (non-hydrogen) atoms. The first kappa shape index (κ1) is 16.3. The van der Waals surface area contributed by atoms with E-state index >= 15 is 0 Å². The largest absolute Gasteiger partial charge is 0.370 e. The highest BCUT2D eigenvalue weighted by Crippen LogP contribution is 2.14. The van der Waals surface area contributed by atoms with Crippen LogP contribution in [0.1, 0.15) is 0 Å². The maximum atomic E-state index is 13.4. The molecular formula is C14H18F2N3O3+. The van der Waals surface area contributed by atoms with Gasteiger partial charge < -0.3 is 20.3 Å². The first-order valence-corrected chi connectivity index (χ1v) is 7.02. The average molecular weight is 314 g/mol. The van der Waals surface area contributed by atoms with Crippen LogP contribution in [-0.2, 0) is 14.3 Å². The van der Waals surface area contributed by atoms with E-state index in [1.165, 1.54) is 4.90 Å². The van der Waals surface area contributed by atoms with Crippen molar-refractivity contribution in [2.24, 2.45) is 0 Å². The zero-order valence-corrected chi connectivity index (χ0v) is 12.0. The third kappa shape index (κ3) is 4.74. The highest BCUT2D eigenvalue weighted by atomic mass is 19.1. The first-order valence-electron chi connectivity index (χ1n) is 7.02. The van der Waals surface area contributed by atoms with E-state index in [1.54, 1.807) is 0 Å². The Morgan fingerprint density at radius 3 is 2.59 bits per heavy atom. The molecule has 1 fully saturated rings. The number of nitrogens with one attached hydrogen (secondary N) is 3. The van der Waals surface area contributed by atoms with E-state index in [2.05, 4.69) is 10.6 Å². The zero-order chi connectivity index (χ0) is 15.9. The third-order valence-electron chi connectivity index (χ3n) is 3.35. The Kier molecular flexibility index (Phi) is 5.79. The maximum Gasteiger partial charge on any atom is 0.313 e. The lowest BCUT2D eigenvalue weighted by Gasteiger charge is -2.23. The van der Waals surface area contributed by atoms with Crippen molar-refractivity contribution in [3.8, 4) is 0 Å². The molecule has 2 rings (SSSR count). The third-order valence-corrected chi connectivity index (χ3v) is 3.35. The van der Waals surface area contributed by atoms with Crippen LogP contribution in [0.4, 0.5) is 14.5 Å². The lowest BCUT2D eigenvalue weighted by atomic mass is 10.3. The molecule has 1 heterocycles. The Hall–Kier alpha value is -2.06. The molecule has 0 radical (unpaired) electrons. The quantitative estimate of drug-likeness (QED) is 0.620. The Morgan fingerprint density at radius 2 is 1.91 bits per heavy atom. The van der Waals surface area contributed by atoms with E-state index in [-0.39, 0.29) is 5.69 Å². The lowest BCUT2D eigenvalue weighted by molar-refractivity contribution is -0.906. The number of quaternary nitrogens is 1. The minimum atomic E-state index is -0.984. The van der Waals surface area contributed by atoms with Gasteiger partial charge in [-0.05, 0) is 12.1 Å². The van der Waals surface area contributed by atoms with Crippen LogP contribution >= 0.6 is 0 Å². The molecule has 8 heteroatoms. The smallest absolute Gasteiger partial charge is 0.313 e. The summed E-state index contributed by atoms with van der Waals surface area (Å²) >= 11 is 0. The van der Waals surface area contributed by atoms with Gasteiger partial charge in [-0.15, -0.1) is 0 Å². The minimum absolute atomic E-state index is 0.236. The molecule has 2 amide bonds. The summed E-state index contributed by atoms with van der Waals surface area (Å²) in [6, 6.07) is 2.70. The summed E-state index contributed by atoms with van der Waals surface area (Å²) in [7, 11) is 0. The van der Waals surface area contributed by atoms with E-state index in [0.717, 1.165) is 25.2 Å². The number of rotatable bonds is 4. The molecule has 1 aromatic carbocycles. The molecule has 1 aliphatic rings. The summed E-state index contributed by atoms with van der Waals surface area (Å²) in [5, 5.41) is 4.58. The van der Waals surface area contributed by atoms with Gasteiger partial charge in [0.1, 0.15) is 24.7 Å². The van der Waals surface area contributed by atoms with Crippen molar-refractivity contribution in [2.75, 3.05) is 44.7 Å². The van der Waals surface area contributed by atoms with Crippen LogP contribution in [0, 0.1) is 11.6 Å². The second kappa shape index (κ2) is 7.81. The van der Waals surface area contributed by atoms with E-state index in [0.29, 0.717) is 32.4 Å². The minimum Gasteiger partial charge on any atom is -0.370 e. The lowest BCUT2D eigenvalue weighted by Crippen LogP contribution is -3.14. The number of carbonyl (C=O) groups excluding carboxylic acids is 2. The maximum absolute atomic E-state index is 13.4. The van der Waals surface area contributed by atoms with Crippen molar-refractivity contribution in [2.45, 2.75) is 0 Å². The monoisotopic (exact) mass is 314 g/mol. The van der Waals surface area contributed by atoms with Gasteiger partial charge in [0.05, 0.1) is 32.0 Å². The van der Waals surface area contributed by atoms with Crippen molar-refractivity contribution < 1.29 is 28.0 Å². The Labute approximate surface area is 126 Å². The van der Waals surface area contributed by atoms with Gasteiger partial charge in [-0.2, -0.15) is 0 Å². The van der Waals surface area contributed by atoms with Crippen LogP contribution in [0.3, 0.4) is 0 Å². The molecular weight excluding hydrogens is 296 g/mol. The molecule has 0 bridgehead atoms. The van der Waals surface area contributed by atoms with E-state index in [1.807, 2.05) is 0 Å². The Morgan fingerprint density at radius 1 is 1.18 bits per heavy atom. The molecule has 0 spiro atoms. The van der Waals surface area contributed by atoms with Crippen molar-refractivity contribution in [3.63, 3.8) is 0 Å². The summed E-state index contributed by atoms with van der Waals surface area (Å²) in [6.07, 6.45) is 0.